The van der Waals surface area contributed by atoms with Gasteiger partial charge in [-0.15, -0.1) is 24.0 Å². The van der Waals surface area contributed by atoms with Gasteiger partial charge in [0.15, 0.2) is 5.96 Å². The lowest BCUT2D eigenvalue weighted by Gasteiger charge is -2.15. The van der Waals surface area contributed by atoms with Gasteiger partial charge < -0.3 is 20.7 Å². The van der Waals surface area contributed by atoms with Crippen molar-refractivity contribution in [3.63, 3.8) is 0 Å². The number of nitrogens with zero attached hydrogens (tertiary/aromatic N) is 2. The summed E-state index contributed by atoms with van der Waals surface area (Å²) in [6.45, 7) is 3.99. The quantitative estimate of drug-likeness (QED) is 0.243. The van der Waals surface area contributed by atoms with Crippen LogP contribution in [0.4, 0.5) is 4.79 Å². The molecule has 1 aromatic carbocycles. The Morgan fingerprint density at radius 2 is 2.16 bits per heavy atom. The molecule has 0 saturated carbocycles. The number of imide groups is 1. The molecule has 1 saturated heterocycles. The van der Waals surface area contributed by atoms with Crippen LogP contribution in [0, 0.1) is 0 Å². The lowest BCUT2D eigenvalue weighted by Crippen LogP contribution is -2.43. The molecule has 9 heteroatoms. The van der Waals surface area contributed by atoms with Gasteiger partial charge in [-0.2, -0.15) is 0 Å². The summed E-state index contributed by atoms with van der Waals surface area (Å²) in [6.07, 6.45) is 0. The second kappa shape index (κ2) is 10.7. The van der Waals surface area contributed by atoms with Crippen LogP contribution in [0.2, 0.25) is 0 Å². The predicted molar refractivity (Wildman–Crippen MR) is 106 cm³/mol. The van der Waals surface area contributed by atoms with Crippen LogP contribution < -0.4 is 20.7 Å². The maximum absolute atomic E-state index is 11.5. The number of carbonyl (C=O) groups is 2. The summed E-state index contributed by atoms with van der Waals surface area (Å²) in [5.41, 5.74) is 1.03. The second-order valence-electron chi connectivity index (χ2n) is 5.18. The number of carbonyl (C=O) groups excluding carboxylic acids is 2. The molecule has 1 fully saturated rings. The maximum atomic E-state index is 11.5. The number of benzene rings is 1. The minimum atomic E-state index is -0.347. The number of methoxy groups -OCH3 is 1. The number of urea groups is 1. The van der Waals surface area contributed by atoms with Crippen molar-refractivity contribution < 1.29 is 14.3 Å². The molecule has 3 amide bonds. The molecule has 1 aliphatic rings. The average molecular weight is 461 g/mol. The van der Waals surface area contributed by atoms with Crippen molar-refractivity contribution in [2.45, 2.75) is 13.5 Å². The van der Waals surface area contributed by atoms with Crippen LogP contribution in [0.5, 0.6) is 5.75 Å². The predicted octanol–water partition coefficient (Wildman–Crippen LogP) is 0.920. The number of amides is 3. The highest BCUT2D eigenvalue weighted by Crippen LogP contribution is 2.13. The largest absolute Gasteiger partial charge is 0.497 e. The van der Waals surface area contributed by atoms with E-state index in [-0.39, 0.29) is 42.5 Å². The van der Waals surface area contributed by atoms with Crippen molar-refractivity contribution in [1.29, 1.82) is 0 Å². The molecular formula is C16H24IN5O3. The first-order valence-corrected chi connectivity index (χ1v) is 7.87. The molecule has 25 heavy (non-hydrogen) atoms. The number of rotatable bonds is 7. The van der Waals surface area contributed by atoms with Crippen molar-refractivity contribution >= 4 is 41.9 Å². The molecule has 0 bridgehead atoms. The fourth-order valence-corrected chi connectivity index (χ4v) is 2.25. The van der Waals surface area contributed by atoms with Crippen LogP contribution in [0.1, 0.15) is 12.5 Å². The van der Waals surface area contributed by atoms with E-state index in [1.807, 2.05) is 31.2 Å². The number of aliphatic imine (C=N–C) groups is 1. The number of nitrogens with one attached hydrogen (secondary N) is 3. The molecule has 0 radical (unpaired) electrons. The van der Waals surface area contributed by atoms with E-state index in [0.717, 1.165) is 11.3 Å². The van der Waals surface area contributed by atoms with Gasteiger partial charge in [0, 0.05) is 19.6 Å². The van der Waals surface area contributed by atoms with Gasteiger partial charge in [0.1, 0.15) is 5.75 Å². The van der Waals surface area contributed by atoms with Crippen molar-refractivity contribution in [3.8, 4) is 5.75 Å². The summed E-state index contributed by atoms with van der Waals surface area (Å²) in [5, 5.41) is 8.75. The molecule has 3 N–H and O–H groups in total. The van der Waals surface area contributed by atoms with E-state index < -0.39 is 0 Å². The van der Waals surface area contributed by atoms with E-state index in [0.29, 0.717) is 32.1 Å². The van der Waals surface area contributed by atoms with Gasteiger partial charge >= 0.3 is 6.03 Å². The Morgan fingerprint density at radius 1 is 1.36 bits per heavy atom. The van der Waals surface area contributed by atoms with Crippen LogP contribution in [0.3, 0.4) is 0 Å². The fourth-order valence-electron chi connectivity index (χ4n) is 2.25. The Hall–Kier alpha value is -2.04. The number of ether oxygens (including phenoxy) is 1. The van der Waals surface area contributed by atoms with Gasteiger partial charge in [-0.25, -0.2) is 9.79 Å². The van der Waals surface area contributed by atoms with Gasteiger partial charge in [-0.1, -0.05) is 12.1 Å². The Kier molecular flexibility index (Phi) is 9.03. The van der Waals surface area contributed by atoms with Gasteiger partial charge in [0.25, 0.3) is 0 Å². The van der Waals surface area contributed by atoms with Gasteiger partial charge in [-0.05, 0) is 24.6 Å². The highest BCUT2D eigenvalue weighted by molar-refractivity contribution is 14.0. The van der Waals surface area contributed by atoms with E-state index in [1.54, 1.807) is 7.11 Å². The van der Waals surface area contributed by atoms with Crippen LogP contribution in [-0.2, 0) is 11.3 Å². The van der Waals surface area contributed by atoms with Gasteiger partial charge in [-0.3, -0.25) is 9.69 Å². The Morgan fingerprint density at radius 3 is 2.80 bits per heavy atom. The minimum Gasteiger partial charge on any atom is -0.497 e. The van der Waals surface area contributed by atoms with Crippen molar-refractivity contribution in [3.05, 3.63) is 29.8 Å². The standard InChI is InChI=1S/C16H23N5O3.HI/c1-3-17-15(18-7-8-21-14(22)11-20-16(21)23)19-10-12-5-4-6-13(9-12)24-2;/h4-6,9H,3,7-8,10-11H2,1-2H3,(H,20,23)(H2,17,18,19);1H. The Bertz CT molecular complexity index is 608. The zero-order chi connectivity index (χ0) is 17.4. The van der Waals surface area contributed by atoms with Gasteiger partial charge in [0.05, 0.1) is 20.2 Å². The van der Waals surface area contributed by atoms with Crippen LogP contribution in [-0.4, -0.2) is 56.1 Å². The molecule has 2 rings (SSSR count). The number of halogens is 1. The summed E-state index contributed by atoms with van der Waals surface area (Å²) >= 11 is 0. The van der Waals surface area contributed by atoms with Crippen LogP contribution in [0.15, 0.2) is 29.3 Å². The fraction of sp³-hybridized carbons (Fsp3) is 0.438. The minimum absolute atomic E-state index is 0. The molecule has 1 aliphatic heterocycles. The van der Waals surface area contributed by atoms with E-state index in [2.05, 4.69) is 20.9 Å². The lowest BCUT2D eigenvalue weighted by molar-refractivity contribution is -0.124. The zero-order valence-corrected chi connectivity index (χ0v) is 16.7. The Labute approximate surface area is 164 Å². The number of hydrogen-bond acceptors (Lipinski definition) is 4. The van der Waals surface area contributed by atoms with Crippen molar-refractivity contribution in [1.82, 2.24) is 20.9 Å². The summed E-state index contributed by atoms with van der Waals surface area (Å²) in [5.74, 6) is 1.21. The van der Waals surface area contributed by atoms with Crippen molar-refractivity contribution in [2.75, 3.05) is 33.3 Å². The molecule has 138 valence electrons. The molecule has 0 aromatic heterocycles. The molecule has 1 heterocycles. The van der Waals surface area contributed by atoms with Crippen LogP contribution >= 0.6 is 24.0 Å². The monoisotopic (exact) mass is 461 g/mol. The SMILES string of the molecule is CCNC(=NCc1cccc(OC)c1)NCCN1C(=O)CNC1=O.I. The first-order chi connectivity index (χ1) is 11.6. The van der Waals surface area contributed by atoms with E-state index in [9.17, 15) is 9.59 Å². The molecule has 1 aromatic rings. The summed E-state index contributed by atoms with van der Waals surface area (Å²) in [6, 6.07) is 7.36. The normalized spacial score (nSPS) is 14.0. The first kappa shape index (κ1) is 21.0. The molecular weight excluding hydrogens is 437 g/mol. The summed E-state index contributed by atoms with van der Waals surface area (Å²) < 4.78 is 5.20. The topological polar surface area (TPSA) is 95.1 Å². The smallest absolute Gasteiger partial charge is 0.324 e. The molecule has 0 spiro atoms. The second-order valence-corrected chi connectivity index (χ2v) is 5.18. The first-order valence-electron chi connectivity index (χ1n) is 7.87. The molecule has 0 aliphatic carbocycles. The van der Waals surface area contributed by atoms with E-state index in [1.165, 1.54) is 4.90 Å². The molecule has 0 unspecified atom stereocenters. The van der Waals surface area contributed by atoms with Crippen LogP contribution in [0.25, 0.3) is 0 Å². The number of hydrogen-bond donors (Lipinski definition) is 3. The third-order valence-electron chi connectivity index (χ3n) is 3.46. The maximum Gasteiger partial charge on any atom is 0.324 e. The highest BCUT2D eigenvalue weighted by atomic mass is 127. The van der Waals surface area contributed by atoms with Gasteiger partial charge in [0.2, 0.25) is 5.91 Å². The molecule has 0 atom stereocenters. The van der Waals surface area contributed by atoms with E-state index in [4.69, 9.17) is 4.74 Å². The third-order valence-corrected chi connectivity index (χ3v) is 3.46. The zero-order valence-electron chi connectivity index (χ0n) is 14.4. The summed E-state index contributed by atoms with van der Waals surface area (Å²) in [7, 11) is 1.63. The summed E-state index contributed by atoms with van der Waals surface area (Å²) in [4.78, 5) is 28.7. The average Bonchev–Trinajstić information content (AvgIpc) is 2.91. The third kappa shape index (κ3) is 6.40. The van der Waals surface area contributed by atoms with E-state index >= 15 is 0 Å². The van der Waals surface area contributed by atoms with Crippen molar-refractivity contribution in [2.24, 2.45) is 4.99 Å². The number of guanidine groups is 1. The molecule has 8 nitrogen and oxygen atoms in total. The lowest BCUT2D eigenvalue weighted by atomic mass is 10.2. The Balaban J connectivity index is 0.00000312. The highest BCUT2D eigenvalue weighted by Gasteiger charge is 2.27.